The molecule has 2 aliphatic heterocycles. The highest BCUT2D eigenvalue weighted by Crippen LogP contribution is 2.46. The van der Waals surface area contributed by atoms with E-state index < -0.39 is 6.23 Å². The average molecular weight is 286 g/mol. The Labute approximate surface area is 125 Å². The number of aliphatic hydroxyl groups is 1. The van der Waals surface area contributed by atoms with Crippen molar-refractivity contribution in [3.63, 3.8) is 0 Å². The maximum atomic E-state index is 12.5. The van der Waals surface area contributed by atoms with Gasteiger partial charge in [-0.25, -0.2) is 5.01 Å². The lowest BCUT2D eigenvalue weighted by Crippen LogP contribution is -2.51. The second kappa shape index (κ2) is 4.97. The number of benzene rings is 1. The number of carbonyl (C=O) groups excluding carboxylic acids is 1. The monoisotopic (exact) mass is 286 g/mol. The van der Waals surface area contributed by atoms with E-state index in [1.54, 1.807) is 5.01 Å². The number of hydrogen-bond acceptors (Lipinski definition) is 3. The minimum atomic E-state index is -0.776. The number of amides is 1. The van der Waals surface area contributed by atoms with Crippen LogP contribution in [0, 0.1) is 0 Å². The summed E-state index contributed by atoms with van der Waals surface area (Å²) in [5, 5.41) is 14.2. The van der Waals surface area contributed by atoms with Crippen LogP contribution in [-0.4, -0.2) is 26.6 Å². The van der Waals surface area contributed by atoms with Crippen molar-refractivity contribution < 1.29 is 9.90 Å². The predicted molar refractivity (Wildman–Crippen MR) is 81.7 cm³/mol. The van der Waals surface area contributed by atoms with Crippen molar-refractivity contribution in [2.45, 2.75) is 51.8 Å². The molecule has 0 spiro atoms. The van der Waals surface area contributed by atoms with E-state index in [0.717, 1.165) is 29.7 Å². The summed E-state index contributed by atoms with van der Waals surface area (Å²) < 4.78 is 0. The van der Waals surface area contributed by atoms with Crippen LogP contribution in [0.4, 0.5) is 0 Å². The van der Waals surface area contributed by atoms with E-state index in [1.165, 1.54) is 0 Å². The summed E-state index contributed by atoms with van der Waals surface area (Å²) in [6.45, 7) is 6.12. The summed E-state index contributed by atoms with van der Waals surface area (Å²) in [6.07, 6.45) is 3.69. The Bertz CT molecular complexity index is 607. The molecule has 4 nitrogen and oxygen atoms in total. The van der Waals surface area contributed by atoms with E-state index in [9.17, 15) is 9.90 Å². The standard InChI is InChI=1S/C17H22N2O2/c1-4-5-10-14-12-8-6-7-9-13(12)16(21)19-17(2,3)11-15(20)18(14)19/h6-10,16,21H,4-5,11H2,1-3H3/b14-10-/t16-/m0/s1. The average Bonchev–Trinajstić information content (AvgIpc) is 2.69. The Balaban J connectivity index is 2.19. The highest BCUT2D eigenvalue weighted by Gasteiger charge is 2.51. The minimum absolute atomic E-state index is 0.0518. The fraction of sp³-hybridized carbons (Fsp3) is 0.471. The lowest BCUT2D eigenvalue weighted by Gasteiger charge is -2.45. The van der Waals surface area contributed by atoms with E-state index in [-0.39, 0.29) is 11.4 Å². The number of rotatable bonds is 2. The molecule has 1 saturated heterocycles. The Kier molecular flexibility index (Phi) is 3.38. The highest BCUT2D eigenvalue weighted by atomic mass is 16.3. The molecule has 0 unspecified atom stereocenters. The molecular formula is C17H22N2O2. The van der Waals surface area contributed by atoms with Crippen LogP contribution in [0.25, 0.3) is 5.70 Å². The third-order valence-electron chi connectivity index (χ3n) is 4.26. The van der Waals surface area contributed by atoms with Crippen molar-refractivity contribution in [1.82, 2.24) is 10.0 Å². The Morgan fingerprint density at radius 3 is 2.81 bits per heavy atom. The van der Waals surface area contributed by atoms with Gasteiger partial charge in [0, 0.05) is 23.1 Å². The molecule has 2 heterocycles. The largest absolute Gasteiger partial charge is 0.372 e. The molecule has 0 aromatic heterocycles. The molecule has 1 aromatic rings. The molecule has 0 radical (unpaired) electrons. The smallest absolute Gasteiger partial charge is 0.243 e. The molecule has 1 fully saturated rings. The van der Waals surface area contributed by atoms with Crippen LogP contribution in [0.15, 0.2) is 30.3 Å². The van der Waals surface area contributed by atoms with Crippen molar-refractivity contribution in [1.29, 1.82) is 0 Å². The van der Waals surface area contributed by atoms with Gasteiger partial charge in [-0.2, -0.15) is 5.01 Å². The molecule has 1 amide bonds. The van der Waals surface area contributed by atoms with Crippen molar-refractivity contribution in [2.24, 2.45) is 0 Å². The van der Waals surface area contributed by atoms with Crippen LogP contribution in [0.2, 0.25) is 0 Å². The van der Waals surface area contributed by atoms with Gasteiger partial charge in [0.15, 0.2) is 6.23 Å². The molecule has 4 heteroatoms. The van der Waals surface area contributed by atoms with Gasteiger partial charge in [-0.3, -0.25) is 4.79 Å². The number of allylic oxidation sites excluding steroid dienone is 1. The van der Waals surface area contributed by atoms with Crippen LogP contribution in [-0.2, 0) is 4.79 Å². The van der Waals surface area contributed by atoms with Gasteiger partial charge in [0.1, 0.15) is 0 Å². The van der Waals surface area contributed by atoms with E-state index in [2.05, 4.69) is 13.0 Å². The fourth-order valence-electron chi connectivity index (χ4n) is 3.29. The summed E-state index contributed by atoms with van der Waals surface area (Å²) in [5.74, 6) is 0.0518. The lowest BCUT2D eigenvalue weighted by molar-refractivity contribution is -0.158. The number of carbonyl (C=O) groups is 1. The van der Waals surface area contributed by atoms with Crippen molar-refractivity contribution in [3.8, 4) is 0 Å². The second-order valence-electron chi connectivity index (χ2n) is 6.38. The van der Waals surface area contributed by atoms with Crippen LogP contribution >= 0.6 is 0 Å². The molecule has 2 aliphatic rings. The number of nitrogens with zero attached hydrogens (tertiary/aromatic N) is 2. The van der Waals surface area contributed by atoms with Gasteiger partial charge >= 0.3 is 0 Å². The van der Waals surface area contributed by atoms with Gasteiger partial charge in [-0.15, -0.1) is 0 Å². The predicted octanol–water partition coefficient (Wildman–Crippen LogP) is 3.06. The van der Waals surface area contributed by atoms with Gasteiger partial charge in [0.2, 0.25) is 5.91 Å². The van der Waals surface area contributed by atoms with Gasteiger partial charge < -0.3 is 5.11 Å². The van der Waals surface area contributed by atoms with Crippen molar-refractivity contribution >= 4 is 11.6 Å². The number of fused-ring (bicyclic) bond motifs is 2. The number of aliphatic hydroxyl groups excluding tert-OH is 1. The van der Waals surface area contributed by atoms with E-state index in [4.69, 9.17) is 0 Å². The van der Waals surface area contributed by atoms with Gasteiger partial charge in [-0.1, -0.05) is 43.7 Å². The molecule has 21 heavy (non-hydrogen) atoms. The van der Waals surface area contributed by atoms with E-state index in [1.807, 2.05) is 43.1 Å². The molecular weight excluding hydrogens is 264 g/mol. The van der Waals surface area contributed by atoms with E-state index in [0.29, 0.717) is 6.42 Å². The first kappa shape index (κ1) is 14.3. The lowest BCUT2D eigenvalue weighted by atomic mass is 9.97. The summed E-state index contributed by atoms with van der Waals surface area (Å²) in [6, 6.07) is 7.80. The Morgan fingerprint density at radius 2 is 2.10 bits per heavy atom. The SMILES string of the molecule is CCC/C=C1/c2ccccc2[C@H](O)N2N1C(=O)CC2(C)C. The molecule has 0 bridgehead atoms. The number of hydrazine groups is 1. The fourth-order valence-corrected chi connectivity index (χ4v) is 3.29. The summed E-state index contributed by atoms with van der Waals surface area (Å²) >= 11 is 0. The summed E-state index contributed by atoms with van der Waals surface area (Å²) in [4.78, 5) is 12.5. The maximum Gasteiger partial charge on any atom is 0.243 e. The number of hydrogen-bond donors (Lipinski definition) is 1. The Hall–Kier alpha value is -1.65. The first-order chi connectivity index (χ1) is 9.97. The summed E-state index contributed by atoms with van der Waals surface area (Å²) in [5.41, 5.74) is 2.36. The van der Waals surface area contributed by atoms with Crippen LogP contribution in [0.1, 0.15) is 57.4 Å². The Morgan fingerprint density at radius 1 is 1.38 bits per heavy atom. The minimum Gasteiger partial charge on any atom is -0.372 e. The van der Waals surface area contributed by atoms with E-state index >= 15 is 0 Å². The third-order valence-corrected chi connectivity index (χ3v) is 4.26. The molecule has 1 N–H and O–H groups in total. The summed E-state index contributed by atoms with van der Waals surface area (Å²) in [7, 11) is 0. The molecule has 0 aliphatic carbocycles. The van der Waals surface area contributed by atoms with Crippen LogP contribution < -0.4 is 0 Å². The third kappa shape index (κ3) is 2.10. The van der Waals surface area contributed by atoms with Gasteiger partial charge in [0.25, 0.3) is 0 Å². The molecule has 3 rings (SSSR count). The molecule has 0 saturated carbocycles. The molecule has 1 aromatic carbocycles. The topological polar surface area (TPSA) is 43.8 Å². The normalized spacial score (nSPS) is 26.1. The van der Waals surface area contributed by atoms with Crippen LogP contribution in [0.3, 0.4) is 0 Å². The quantitative estimate of drug-likeness (QED) is 0.908. The zero-order valence-corrected chi connectivity index (χ0v) is 12.8. The van der Waals surface area contributed by atoms with Gasteiger partial charge in [-0.05, 0) is 20.3 Å². The van der Waals surface area contributed by atoms with Crippen molar-refractivity contribution in [3.05, 3.63) is 41.5 Å². The first-order valence-corrected chi connectivity index (χ1v) is 7.57. The maximum absolute atomic E-state index is 12.5. The molecule has 112 valence electrons. The zero-order chi connectivity index (χ0) is 15.2. The second-order valence-corrected chi connectivity index (χ2v) is 6.38. The zero-order valence-electron chi connectivity index (χ0n) is 12.8. The first-order valence-electron chi connectivity index (χ1n) is 7.57. The highest BCUT2D eigenvalue weighted by molar-refractivity contribution is 5.90. The number of unbranched alkanes of at least 4 members (excludes halogenated alkanes) is 1. The van der Waals surface area contributed by atoms with Crippen molar-refractivity contribution in [2.75, 3.05) is 0 Å². The van der Waals surface area contributed by atoms with Crippen LogP contribution in [0.5, 0.6) is 0 Å². The van der Waals surface area contributed by atoms with Gasteiger partial charge in [0.05, 0.1) is 5.70 Å². The molecule has 1 atom stereocenters.